The molecule has 2 heteroatoms. The molecule has 2 nitrogen and oxygen atoms in total. The van der Waals surface area contributed by atoms with Gasteiger partial charge in [-0.3, -0.25) is 4.84 Å². The molecule has 0 aliphatic carbocycles. The number of pyridine rings is 1. The van der Waals surface area contributed by atoms with E-state index in [1.54, 1.807) is 4.73 Å². The first-order chi connectivity index (χ1) is 7.74. The molecular formula is C14H16NO+. The average Bonchev–Trinajstić information content (AvgIpc) is 2.27. The molecule has 0 amide bonds. The Kier molecular flexibility index (Phi) is 3.20. The smallest absolute Gasteiger partial charge is 0.225 e. The maximum Gasteiger partial charge on any atom is 0.225 e. The fourth-order valence-corrected chi connectivity index (χ4v) is 1.67. The summed E-state index contributed by atoms with van der Waals surface area (Å²) in [6, 6.07) is 12.3. The van der Waals surface area contributed by atoms with Gasteiger partial charge in [-0.05, 0) is 25.5 Å². The molecule has 82 valence electrons. The molecule has 1 heterocycles. The molecule has 0 N–H and O–H groups in total. The van der Waals surface area contributed by atoms with Crippen LogP contribution in [-0.4, -0.2) is 0 Å². The Morgan fingerprint density at radius 2 is 1.62 bits per heavy atom. The van der Waals surface area contributed by atoms with E-state index in [1.165, 1.54) is 16.7 Å². The maximum atomic E-state index is 5.67. The van der Waals surface area contributed by atoms with E-state index in [9.17, 15) is 0 Å². The number of nitrogens with zero attached hydrogens (tertiary/aromatic N) is 1. The van der Waals surface area contributed by atoms with E-state index in [1.807, 2.05) is 30.6 Å². The lowest BCUT2D eigenvalue weighted by molar-refractivity contribution is -0.895. The molecule has 0 aliphatic heterocycles. The monoisotopic (exact) mass is 214 g/mol. The zero-order chi connectivity index (χ0) is 11.4. The van der Waals surface area contributed by atoms with E-state index in [0.717, 1.165) is 0 Å². The molecule has 0 bridgehead atoms. The predicted octanol–water partition coefficient (Wildman–Crippen LogP) is 2.22. The van der Waals surface area contributed by atoms with Gasteiger partial charge in [0.2, 0.25) is 12.4 Å². The Balaban J connectivity index is 2.05. The Labute approximate surface area is 96.1 Å². The molecule has 0 spiro atoms. The van der Waals surface area contributed by atoms with Crippen LogP contribution in [0.4, 0.5) is 0 Å². The van der Waals surface area contributed by atoms with Gasteiger partial charge in [0.05, 0.1) is 0 Å². The second-order valence-corrected chi connectivity index (χ2v) is 4.01. The summed E-state index contributed by atoms with van der Waals surface area (Å²) in [6.45, 7) is 4.72. The standard InChI is InChI=1S/C14H16NO/c1-12-8-13(2)10-15(9-12)16-11-14-6-4-3-5-7-14/h3-10H,11H2,1-2H3/q+1. The number of hydrogen-bond donors (Lipinski definition) is 0. The molecule has 0 fully saturated rings. The summed E-state index contributed by atoms with van der Waals surface area (Å²) in [4.78, 5) is 5.67. The highest BCUT2D eigenvalue weighted by Crippen LogP contribution is 1.99. The molecule has 1 aromatic carbocycles. The van der Waals surface area contributed by atoms with Crippen LogP contribution in [0.3, 0.4) is 0 Å². The van der Waals surface area contributed by atoms with Crippen molar-refractivity contribution in [2.24, 2.45) is 0 Å². The molecule has 0 unspecified atom stereocenters. The number of rotatable bonds is 3. The van der Waals surface area contributed by atoms with Crippen molar-refractivity contribution in [3.05, 3.63) is 65.5 Å². The van der Waals surface area contributed by atoms with Gasteiger partial charge in [-0.1, -0.05) is 30.3 Å². The SMILES string of the molecule is Cc1cc(C)c[n+](OCc2ccccc2)c1. The highest BCUT2D eigenvalue weighted by atomic mass is 16.7. The normalized spacial score (nSPS) is 10.1. The highest BCUT2D eigenvalue weighted by Gasteiger charge is 2.04. The van der Waals surface area contributed by atoms with E-state index in [4.69, 9.17) is 4.84 Å². The fraction of sp³-hybridized carbons (Fsp3) is 0.214. The lowest BCUT2D eigenvalue weighted by Gasteiger charge is -2.00. The molecule has 0 atom stereocenters. The van der Waals surface area contributed by atoms with Crippen LogP contribution < -0.4 is 9.57 Å². The third-order valence-electron chi connectivity index (χ3n) is 2.34. The Morgan fingerprint density at radius 3 is 2.25 bits per heavy atom. The number of hydrogen-bond acceptors (Lipinski definition) is 1. The number of aryl methyl sites for hydroxylation is 2. The number of aromatic nitrogens is 1. The molecule has 1 aromatic heterocycles. The minimum atomic E-state index is 0.592. The van der Waals surface area contributed by atoms with Crippen molar-refractivity contribution in [1.29, 1.82) is 0 Å². The first-order valence-corrected chi connectivity index (χ1v) is 5.41. The van der Waals surface area contributed by atoms with E-state index in [0.29, 0.717) is 6.61 Å². The van der Waals surface area contributed by atoms with E-state index in [-0.39, 0.29) is 0 Å². The lowest BCUT2D eigenvalue weighted by Crippen LogP contribution is -2.42. The van der Waals surface area contributed by atoms with Crippen molar-refractivity contribution in [3.8, 4) is 0 Å². The first kappa shape index (κ1) is 10.7. The Bertz CT molecular complexity index is 445. The van der Waals surface area contributed by atoms with Crippen LogP contribution in [0.5, 0.6) is 0 Å². The van der Waals surface area contributed by atoms with Gasteiger partial charge in [0.15, 0.2) is 6.61 Å². The summed E-state index contributed by atoms with van der Waals surface area (Å²) in [5.41, 5.74) is 3.58. The van der Waals surface area contributed by atoms with Crippen LogP contribution >= 0.6 is 0 Å². The van der Waals surface area contributed by atoms with Crippen LogP contribution in [0.1, 0.15) is 16.7 Å². The van der Waals surface area contributed by atoms with Crippen LogP contribution in [0, 0.1) is 13.8 Å². The predicted molar refractivity (Wildman–Crippen MR) is 62.8 cm³/mol. The number of benzene rings is 1. The van der Waals surface area contributed by atoms with Gasteiger partial charge in [0, 0.05) is 15.9 Å². The zero-order valence-corrected chi connectivity index (χ0v) is 9.68. The van der Waals surface area contributed by atoms with Gasteiger partial charge in [-0.25, -0.2) is 0 Å². The van der Waals surface area contributed by atoms with Gasteiger partial charge in [0.1, 0.15) is 0 Å². The topological polar surface area (TPSA) is 13.1 Å². The van der Waals surface area contributed by atoms with Gasteiger partial charge in [-0.15, -0.1) is 0 Å². The Morgan fingerprint density at radius 1 is 1.00 bits per heavy atom. The fourth-order valence-electron chi connectivity index (χ4n) is 1.67. The lowest BCUT2D eigenvalue weighted by atomic mass is 10.2. The van der Waals surface area contributed by atoms with Crippen molar-refractivity contribution >= 4 is 0 Å². The van der Waals surface area contributed by atoms with Crippen LogP contribution in [-0.2, 0) is 6.61 Å². The quantitative estimate of drug-likeness (QED) is 0.714. The molecule has 2 aromatic rings. The van der Waals surface area contributed by atoms with Crippen molar-refractivity contribution in [3.63, 3.8) is 0 Å². The molecule has 16 heavy (non-hydrogen) atoms. The molecule has 0 radical (unpaired) electrons. The summed E-state index contributed by atoms with van der Waals surface area (Å²) in [7, 11) is 0. The van der Waals surface area contributed by atoms with Gasteiger partial charge in [-0.2, -0.15) is 0 Å². The van der Waals surface area contributed by atoms with Gasteiger partial charge in [0.25, 0.3) is 0 Å². The second-order valence-electron chi connectivity index (χ2n) is 4.01. The maximum absolute atomic E-state index is 5.67. The summed E-state index contributed by atoms with van der Waals surface area (Å²) in [5, 5.41) is 0. The molecule has 0 saturated carbocycles. The van der Waals surface area contributed by atoms with Crippen LogP contribution in [0.15, 0.2) is 48.8 Å². The van der Waals surface area contributed by atoms with Crippen molar-refractivity contribution < 1.29 is 9.57 Å². The zero-order valence-electron chi connectivity index (χ0n) is 9.68. The van der Waals surface area contributed by atoms with Crippen molar-refractivity contribution in [1.82, 2.24) is 0 Å². The molecule has 0 saturated heterocycles. The third kappa shape index (κ3) is 2.83. The molecule has 2 rings (SSSR count). The van der Waals surface area contributed by atoms with E-state index in [2.05, 4.69) is 32.0 Å². The summed E-state index contributed by atoms with van der Waals surface area (Å²) in [5.74, 6) is 0. The second kappa shape index (κ2) is 4.79. The van der Waals surface area contributed by atoms with Gasteiger partial charge >= 0.3 is 0 Å². The first-order valence-electron chi connectivity index (χ1n) is 5.41. The summed E-state index contributed by atoms with van der Waals surface area (Å²) < 4.78 is 1.78. The third-order valence-corrected chi connectivity index (χ3v) is 2.34. The minimum absolute atomic E-state index is 0.592. The molecule has 0 aliphatic rings. The van der Waals surface area contributed by atoms with Crippen LogP contribution in [0.25, 0.3) is 0 Å². The summed E-state index contributed by atoms with van der Waals surface area (Å²) in [6.07, 6.45) is 3.96. The highest BCUT2D eigenvalue weighted by molar-refractivity contribution is 5.13. The van der Waals surface area contributed by atoms with E-state index < -0.39 is 0 Å². The van der Waals surface area contributed by atoms with Crippen LogP contribution in [0.2, 0.25) is 0 Å². The Hall–Kier alpha value is -1.83. The average molecular weight is 214 g/mol. The largest absolute Gasteiger partial charge is 0.267 e. The van der Waals surface area contributed by atoms with Gasteiger partial charge < -0.3 is 0 Å². The van der Waals surface area contributed by atoms with Crippen molar-refractivity contribution in [2.75, 3.05) is 0 Å². The van der Waals surface area contributed by atoms with E-state index >= 15 is 0 Å². The molecular weight excluding hydrogens is 198 g/mol. The minimum Gasteiger partial charge on any atom is -0.267 e. The van der Waals surface area contributed by atoms with Crippen molar-refractivity contribution in [2.45, 2.75) is 20.5 Å². The summed E-state index contributed by atoms with van der Waals surface area (Å²) >= 11 is 0.